The quantitative estimate of drug-likeness (QED) is 0.109. The monoisotopic (exact) mass is 570 g/mol. The summed E-state index contributed by atoms with van der Waals surface area (Å²) in [5.74, 6) is 0.504. The van der Waals surface area contributed by atoms with Crippen molar-refractivity contribution in [2.75, 3.05) is 27.4 Å². The van der Waals surface area contributed by atoms with E-state index >= 15 is 0 Å². The van der Waals surface area contributed by atoms with Gasteiger partial charge >= 0.3 is 6.18 Å². The van der Waals surface area contributed by atoms with Gasteiger partial charge in [-0.25, -0.2) is 19.0 Å². The molecule has 206 valence electrons. The van der Waals surface area contributed by atoms with Gasteiger partial charge in [0.15, 0.2) is 17.2 Å². The van der Waals surface area contributed by atoms with Crippen LogP contribution in [0.1, 0.15) is 5.69 Å². The van der Waals surface area contributed by atoms with E-state index in [1.54, 1.807) is 37.4 Å². The second-order valence-electron chi connectivity index (χ2n) is 8.47. The molecule has 0 bridgehead atoms. The van der Waals surface area contributed by atoms with Crippen molar-refractivity contribution in [3.8, 4) is 28.4 Å². The van der Waals surface area contributed by atoms with Crippen LogP contribution in [0.25, 0.3) is 27.8 Å². The first-order valence-electron chi connectivity index (χ1n) is 11.9. The largest absolute Gasteiger partial charge is 0.493 e. The summed E-state index contributed by atoms with van der Waals surface area (Å²) in [5.41, 5.74) is 0.561. The number of aromatic nitrogens is 4. The number of halogens is 4. The van der Waals surface area contributed by atoms with Crippen molar-refractivity contribution in [2.45, 2.75) is 16.1 Å². The molecule has 5 rings (SSSR count). The van der Waals surface area contributed by atoms with Crippen LogP contribution in [-0.2, 0) is 10.9 Å². The van der Waals surface area contributed by atoms with E-state index in [2.05, 4.69) is 15.1 Å². The van der Waals surface area contributed by atoms with E-state index in [1.165, 1.54) is 49.5 Å². The Morgan fingerprint density at radius 3 is 2.42 bits per heavy atom. The number of ether oxygens (including phenoxy) is 3. The molecular weight excluding hydrogens is 548 g/mol. The van der Waals surface area contributed by atoms with Gasteiger partial charge in [-0.1, -0.05) is 23.9 Å². The minimum absolute atomic E-state index is 0.202. The van der Waals surface area contributed by atoms with Crippen LogP contribution in [-0.4, -0.2) is 47.2 Å². The summed E-state index contributed by atoms with van der Waals surface area (Å²) in [6.07, 6.45) is -3.23. The van der Waals surface area contributed by atoms with E-state index in [9.17, 15) is 17.6 Å². The topological polar surface area (TPSA) is 71.3 Å². The molecule has 0 N–H and O–H groups in total. The van der Waals surface area contributed by atoms with E-state index in [1.807, 2.05) is 6.07 Å². The van der Waals surface area contributed by atoms with E-state index < -0.39 is 17.7 Å². The first kappa shape index (κ1) is 27.4. The van der Waals surface area contributed by atoms with Crippen molar-refractivity contribution in [2.24, 2.45) is 0 Å². The van der Waals surface area contributed by atoms with Crippen LogP contribution in [0.3, 0.4) is 0 Å². The summed E-state index contributed by atoms with van der Waals surface area (Å²) < 4.78 is 71.7. The average molecular weight is 571 g/mol. The number of rotatable bonds is 9. The molecule has 12 heteroatoms. The highest BCUT2D eigenvalue weighted by Crippen LogP contribution is 2.39. The van der Waals surface area contributed by atoms with Gasteiger partial charge in [-0.3, -0.25) is 0 Å². The summed E-state index contributed by atoms with van der Waals surface area (Å²) in [5, 5.41) is 5.10. The van der Waals surface area contributed by atoms with E-state index in [0.717, 1.165) is 15.6 Å². The number of nitrogens with zero attached hydrogens (tertiary/aromatic N) is 4. The molecule has 2 aromatic heterocycles. The zero-order valence-electron chi connectivity index (χ0n) is 21.3. The first-order valence-corrected chi connectivity index (χ1v) is 12.7. The Balaban J connectivity index is 1.52. The Bertz CT molecular complexity index is 1640. The van der Waals surface area contributed by atoms with Gasteiger partial charge in [-0.05, 0) is 48.5 Å². The standard InChI is InChI=1S/C28H22F4N4O3S/c1-37-10-11-39-25-14-22-21(13-24(25)38-2)27(34-16-33-22)40-20-5-3-4-17(12-20)23-15-26(28(30,31)32)35-36(23)19-8-6-18(29)7-9-19/h3-9,12-16H,10-11H2,1-2H3. The van der Waals surface area contributed by atoms with Gasteiger partial charge in [0.2, 0.25) is 0 Å². The van der Waals surface area contributed by atoms with Gasteiger partial charge in [0.05, 0.1) is 30.6 Å². The predicted molar refractivity (Wildman–Crippen MR) is 142 cm³/mol. The third-order valence-corrected chi connectivity index (χ3v) is 6.85. The van der Waals surface area contributed by atoms with Gasteiger partial charge in [0, 0.05) is 29.0 Å². The third kappa shape index (κ3) is 5.87. The lowest BCUT2D eigenvalue weighted by molar-refractivity contribution is -0.141. The predicted octanol–water partition coefficient (Wildman–Crippen LogP) is 6.83. The minimum Gasteiger partial charge on any atom is -0.493 e. The maximum Gasteiger partial charge on any atom is 0.435 e. The van der Waals surface area contributed by atoms with Crippen molar-refractivity contribution >= 4 is 22.7 Å². The SMILES string of the molecule is COCCOc1cc2ncnc(Sc3cccc(-c4cc(C(F)(F)F)nn4-c4ccc(F)cc4)c3)c2cc1OC. The molecule has 0 radical (unpaired) electrons. The Morgan fingerprint density at radius 2 is 1.70 bits per heavy atom. The van der Waals surface area contributed by atoms with Crippen LogP contribution < -0.4 is 9.47 Å². The van der Waals surface area contributed by atoms with E-state index in [-0.39, 0.29) is 5.69 Å². The molecule has 0 fully saturated rings. The number of methoxy groups -OCH3 is 2. The second kappa shape index (κ2) is 11.5. The highest BCUT2D eigenvalue weighted by Gasteiger charge is 2.35. The number of fused-ring (bicyclic) bond motifs is 1. The Labute approximate surface area is 230 Å². The molecule has 0 unspecified atom stereocenters. The van der Waals surface area contributed by atoms with Crippen LogP contribution in [0.4, 0.5) is 17.6 Å². The van der Waals surface area contributed by atoms with Gasteiger partial charge in [-0.15, -0.1) is 0 Å². The lowest BCUT2D eigenvalue weighted by Gasteiger charge is -2.13. The van der Waals surface area contributed by atoms with Gasteiger partial charge in [0.1, 0.15) is 23.8 Å². The van der Waals surface area contributed by atoms with Crippen LogP contribution in [0.2, 0.25) is 0 Å². The van der Waals surface area contributed by atoms with Crippen LogP contribution in [0, 0.1) is 5.82 Å². The molecule has 2 heterocycles. The summed E-state index contributed by atoms with van der Waals surface area (Å²) in [7, 11) is 3.11. The Morgan fingerprint density at radius 1 is 0.900 bits per heavy atom. The normalized spacial score (nSPS) is 11.7. The van der Waals surface area contributed by atoms with Crippen molar-refractivity contribution in [1.29, 1.82) is 0 Å². The molecule has 0 saturated heterocycles. The van der Waals surface area contributed by atoms with Crippen molar-refractivity contribution < 1.29 is 31.8 Å². The second-order valence-corrected chi connectivity index (χ2v) is 9.53. The molecule has 0 amide bonds. The van der Waals surface area contributed by atoms with Gasteiger partial charge < -0.3 is 14.2 Å². The average Bonchev–Trinajstić information content (AvgIpc) is 3.40. The van der Waals surface area contributed by atoms with Crippen molar-refractivity contribution in [3.05, 3.63) is 84.6 Å². The molecule has 0 aliphatic rings. The fourth-order valence-corrected chi connectivity index (χ4v) is 4.89. The summed E-state index contributed by atoms with van der Waals surface area (Å²) in [6, 6.07) is 16.6. The number of alkyl halides is 3. The highest BCUT2D eigenvalue weighted by atomic mass is 32.2. The first-order chi connectivity index (χ1) is 19.3. The van der Waals surface area contributed by atoms with E-state index in [0.29, 0.717) is 51.9 Å². The summed E-state index contributed by atoms with van der Waals surface area (Å²) >= 11 is 1.32. The van der Waals surface area contributed by atoms with Crippen LogP contribution in [0.15, 0.2) is 83.0 Å². The fraction of sp³-hybridized carbons (Fsp3) is 0.179. The molecule has 0 spiro atoms. The maximum absolute atomic E-state index is 13.6. The molecule has 3 aromatic carbocycles. The minimum atomic E-state index is -4.66. The molecule has 5 aromatic rings. The summed E-state index contributed by atoms with van der Waals surface area (Å²) in [6.45, 7) is 0.745. The lowest BCUT2D eigenvalue weighted by Crippen LogP contribution is -2.07. The molecule has 0 aliphatic carbocycles. The number of benzene rings is 3. The molecule has 40 heavy (non-hydrogen) atoms. The number of hydrogen-bond acceptors (Lipinski definition) is 7. The zero-order valence-corrected chi connectivity index (χ0v) is 22.1. The van der Waals surface area contributed by atoms with Crippen LogP contribution in [0.5, 0.6) is 11.5 Å². The van der Waals surface area contributed by atoms with Crippen LogP contribution >= 0.6 is 11.8 Å². The van der Waals surface area contributed by atoms with Crippen molar-refractivity contribution in [3.63, 3.8) is 0 Å². The number of hydrogen-bond donors (Lipinski definition) is 0. The van der Waals surface area contributed by atoms with Crippen molar-refractivity contribution in [1.82, 2.24) is 19.7 Å². The molecule has 7 nitrogen and oxygen atoms in total. The molecule has 0 atom stereocenters. The van der Waals surface area contributed by atoms with E-state index in [4.69, 9.17) is 14.2 Å². The lowest BCUT2D eigenvalue weighted by atomic mass is 10.1. The summed E-state index contributed by atoms with van der Waals surface area (Å²) in [4.78, 5) is 9.50. The smallest absolute Gasteiger partial charge is 0.435 e. The third-order valence-electron chi connectivity index (χ3n) is 5.84. The Hall–Kier alpha value is -4.16. The van der Waals surface area contributed by atoms with Gasteiger partial charge in [-0.2, -0.15) is 18.3 Å². The fourth-order valence-electron chi connectivity index (χ4n) is 3.96. The molecule has 0 aliphatic heterocycles. The molecule has 0 saturated carbocycles. The zero-order chi connectivity index (χ0) is 28.3. The van der Waals surface area contributed by atoms with Gasteiger partial charge in [0.25, 0.3) is 0 Å². The highest BCUT2D eigenvalue weighted by molar-refractivity contribution is 7.99. The maximum atomic E-state index is 13.6. The molecular formula is C28H22F4N4O3S. The Kier molecular flexibility index (Phi) is 7.90.